The van der Waals surface area contributed by atoms with E-state index in [0.717, 1.165) is 6.42 Å². The van der Waals surface area contributed by atoms with Gasteiger partial charge in [-0.1, -0.05) is 11.8 Å². The van der Waals surface area contributed by atoms with Gasteiger partial charge >= 0.3 is 5.97 Å². The summed E-state index contributed by atoms with van der Waals surface area (Å²) in [6.07, 6.45) is 3.63. The van der Waals surface area contributed by atoms with Crippen LogP contribution in [0.5, 0.6) is 5.75 Å². The third-order valence-electron chi connectivity index (χ3n) is 4.62. The average molecular weight is 400 g/mol. The predicted molar refractivity (Wildman–Crippen MR) is 102 cm³/mol. The number of carboxylic acids is 1. The molecule has 1 aliphatic rings. The van der Waals surface area contributed by atoms with E-state index in [1.54, 1.807) is 0 Å². The smallest absolute Gasteiger partial charge is 0.339 e. The molecule has 4 rings (SSSR count). The maximum absolute atomic E-state index is 13.0. The number of nitrogen functional groups attached to an aromatic ring is 1. The lowest BCUT2D eigenvalue weighted by atomic mass is 9.83. The number of imidazole rings is 1. The molecule has 144 valence electrons. The van der Waals surface area contributed by atoms with Gasteiger partial charge in [0.05, 0.1) is 6.33 Å². The minimum Gasteiger partial charge on any atom is -0.507 e. The first-order chi connectivity index (χ1) is 13.4. The molecule has 6 N–H and O–H groups in total. The molecule has 2 heterocycles. The Labute approximate surface area is 162 Å². The highest BCUT2D eigenvalue weighted by atomic mass is 32.2. The Hall–Kier alpha value is -3.34. The number of amides is 1. The first-order valence-corrected chi connectivity index (χ1v) is 9.23. The maximum Gasteiger partial charge on any atom is 0.339 e. The van der Waals surface area contributed by atoms with E-state index < -0.39 is 10.7 Å². The van der Waals surface area contributed by atoms with Crippen LogP contribution < -0.4 is 11.1 Å². The van der Waals surface area contributed by atoms with Crippen molar-refractivity contribution in [2.75, 3.05) is 11.1 Å². The Balaban J connectivity index is 1.61. The van der Waals surface area contributed by atoms with Crippen LogP contribution in [0.15, 0.2) is 29.6 Å². The molecule has 1 aromatic carbocycles. The second-order valence-electron chi connectivity index (χ2n) is 6.43. The summed E-state index contributed by atoms with van der Waals surface area (Å²) in [7, 11) is 0. The van der Waals surface area contributed by atoms with Gasteiger partial charge in [0, 0.05) is 5.69 Å². The number of nitrogens with two attached hydrogens (primary N) is 1. The number of thioether (sulfide) groups is 1. The van der Waals surface area contributed by atoms with E-state index in [0.29, 0.717) is 34.7 Å². The molecule has 11 heteroatoms. The predicted octanol–water partition coefficient (Wildman–Crippen LogP) is 1.99. The van der Waals surface area contributed by atoms with Crippen LogP contribution in [0.4, 0.5) is 11.6 Å². The van der Waals surface area contributed by atoms with Crippen LogP contribution in [0.3, 0.4) is 0 Å². The molecule has 1 amide bonds. The van der Waals surface area contributed by atoms with Crippen LogP contribution in [-0.4, -0.2) is 46.8 Å². The standard InChI is InChI=1S/C17H16N6O4S/c18-16-22-12-11(19-7-20-12)13(23-16)28-17(4-1-5-17)15(27)21-8-2-3-10(24)9(6-8)14(25)26/h2-3,6-7,24H,1,4-5H2,(H,21,27)(H,25,26)(H3,18,19,20,22,23). The van der Waals surface area contributed by atoms with Gasteiger partial charge in [-0.05, 0) is 37.5 Å². The number of phenols is 1. The number of aromatic nitrogens is 4. The number of carbonyl (C=O) groups excluding carboxylic acids is 1. The number of nitrogens with one attached hydrogen (secondary N) is 2. The van der Waals surface area contributed by atoms with Crippen LogP contribution in [-0.2, 0) is 4.79 Å². The molecule has 0 bridgehead atoms. The lowest BCUT2D eigenvalue weighted by Gasteiger charge is -2.39. The molecule has 1 aliphatic carbocycles. The van der Waals surface area contributed by atoms with Gasteiger partial charge < -0.3 is 26.2 Å². The molecule has 3 aromatic rings. The molecule has 0 radical (unpaired) electrons. The molecule has 1 saturated carbocycles. The molecule has 0 atom stereocenters. The highest BCUT2D eigenvalue weighted by Crippen LogP contribution is 2.49. The van der Waals surface area contributed by atoms with Crippen molar-refractivity contribution in [1.29, 1.82) is 0 Å². The van der Waals surface area contributed by atoms with Crippen molar-refractivity contribution < 1.29 is 19.8 Å². The Morgan fingerprint density at radius 2 is 2.07 bits per heavy atom. The van der Waals surface area contributed by atoms with Gasteiger partial charge in [-0.2, -0.15) is 4.98 Å². The minimum atomic E-state index is -1.28. The Morgan fingerprint density at radius 1 is 1.29 bits per heavy atom. The molecule has 0 saturated heterocycles. The number of aromatic hydroxyl groups is 1. The van der Waals surface area contributed by atoms with Gasteiger partial charge in [0.25, 0.3) is 0 Å². The van der Waals surface area contributed by atoms with Crippen molar-refractivity contribution in [2.45, 2.75) is 29.0 Å². The number of hydrogen-bond acceptors (Lipinski definition) is 8. The number of rotatable bonds is 5. The van der Waals surface area contributed by atoms with Crippen molar-refractivity contribution in [3.05, 3.63) is 30.1 Å². The van der Waals surface area contributed by atoms with Crippen molar-refractivity contribution >= 4 is 46.4 Å². The number of anilines is 2. The summed E-state index contributed by atoms with van der Waals surface area (Å²) < 4.78 is -0.764. The summed E-state index contributed by atoms with van der Waals surface area (Å²) in [5, 5.41) is 22.0. The highest BCUT2D eigenvalue weighted by molar-refractivity contribution is 8.01. The van der Waals surface area contributed by atoms with Crippen molar-refractivity contribution in [3.63, 3.8) is 0 Å². The molecular formula is C17H16N6O4S. The minimum absolute atomic E-state index is 0.0709. The number of H-pyrrole nitrogens is 1. The zero-order valence-corrected chi connectivity index (χ0v) is 15.3. The summed E-state index contributed by atoms with van der Waals surface area (Å²) in [5.41, 5.74) is 6.80. The van der Waals surface area contributed by atoms with E-state index >= 15 is 0 Å². The average Bonchev–Trinajstić information content (AvgIpc) is 3.07. The largest absolute Gasteiger partial charge is 0.507 e. The van der Waals surface area contributed by atoms with Gasteiger partial charge in [0.15, 0.2) is 5.65 Å². The van der Waals surface area contributed by atoms with Crippen molar-refractivity contribution in [2.24, 2.45) is 0 Å². The second-order valence-corrected chi connectivity index (χ2v) is 7.80. The topological polar surface area (TPSA) is 167 Å². The van der Waals surface area contributed by atoms with Crippen LogP contribution in [0, 0.1) is 0 Å². The summed E-state index contributed by atoms with van der Waals surface area (Å²) in [6, 6.07) is 3.91. The normalized spacial score (nSPS) is 15.1. The third kappa shape index (κ3) is 3.09. The molecule has 0 spiro atoms. The molecule has 1 fully saturated rings. The van der Waals surface area contributed by atoms with E-state index in [1.165, 1.54) is 36.3 Å². The highest BCUT2D eigenvalue weighted by Gasteiger charge is 2.46. The first-order valence-electron chi connectivity index (χ1n) is 8.41. The zero-order valence-electron chi connectivity index (χ0n) is 14.5. The number of carbonyl (C=O) groups is 2. The Bertz CT molecular complexity index is 1090. The Kier molecular flexibility index (Phi) is 4.30. The van der Waals surface area contributed by atoms with E-state index in [4.69, 9.17) is 10.8 Å². The van der Waals surface area contributed by atoms with Gasteiger partial charge in [0.2, 0.25) is 11.9 Å². The summed E-state index contributed by atoms with van der Waals surface area (Å²) >= 11 is 1.29. The SMILES string of the molecule is Nc1nc(SC2(C(=O)Nc3ccc(O)c(C(=O)O)c3)CCC2)c2[nH]cnc2n1. The monoisotopic (exact) mass is 400 g/mol. The van der Waals surface area contributed by atoms with Gasteiger partial charge in [-0.15, -0.1) is 0 Å². The third-order valence-corrected chi connectivity index (χ3v) is 6.09. The van der Waals surface area contributed by atoms with Crippen molar-refractivity contribution in [3.8, 4) is 5.75 Å². The molecular weight excluding hydrogens is 384 g/mol. The number of hydrogen-bond donors (Lipinski definition) is 5. The fourth-order valence-corrected chi connectivity index (χ4v) is 4.38. The van der Waals surface area contributed by atoms with E-state index in [9.17, 15) is 14.7 Å². The molecule has 0 aliphatic heterocycles. The molecule has 2 aromatic heterocycles. The van der Waals surface area contributed by atoms with Crippen LogP contribution in [0.1, 0.15) is 29.6 Å². The van der Waals surface area contributed by atoms with Gasteiger partial charge in [0.1, 0.15) is 26.6 Å². The van der Waals surface area contributed by atoms with E-state index in [-0.39, 0.29) is 23.2 Å². The van der Waals surface area contributed by atoms with Crippen LogP contribution in [0.2, 0.25) is 0 Å². The number of aromatic carboxylic acids is 1. The van der Waals surface area contributed by atoms with Crippen LogP contribution >= 0.6 is 11.8 Å². The summed E-state index contributed by atoms with van der Waals surface area (Å²) in [6.45, 7) is 0. The maximum atomic E-state index is 13.0. The second kappa shape index (κ2) is 6.68. The number of carboxylic acid groups (broad SMARTS) is 1. The summed E-state index contributed by atoms with van der Waals surface area (Å²) in [5.74, 6) is -1.84. The van der Waals surface area contributed by atoms with E-state index in [1.807, 2.05) is 0 Å². The molecule has 28 heavy (non-hydrogen) atoms. The fourth-order valence-electron chi connectivity index (χ4n) is 2.99. The number of nitrogens with zero attached hydrogens (tertiary/aromatic N) is 3. The lowest BCUT2D eigenvalue weighted by Crippen LogP contribution is -2.45. The Morgan fingerprint density at radius 3 is 2.75 bits per heavy atom. The zero-order chi connectivity index (χ0) is 19.9. The van der Waals surface area contributed by atoms with E-state index in [2.05, 4.69) is 25.3 Å². The quantitative estimate of drug-likeness (QED) is 0.318. The number of benzene rings is 1. The van der Waals surface area contributed by atoms with Crippen molar-refractivity contribution in [1.82, 2.24) is 19.9 Å². The molecule has 10 nitrogen and oxygen atoms in total. The first kappa shape index (κ1) is 18.0. The van der Waals surface area contributed by atoms with Crippen LogP contribution in [0.25, 0.3) is 11.2 Å². The summed E-state index contributed by atoms with van der Waals surface area (Å²) in [4.78, 5) is 39.5. The fraction of sp³-hybridized carbons (Fsp3) is 0.235. The van der Waals surface area contributed by atoms with Gasteiger partial charge in [-0.25, -0.2) is 14.8 Å². The molecule has 0 unspecified atom stereocenters. The van der Waals surface area contributed by atoms with Gasteiger partial charge in [-0.3, -0.25) is 4.79 Å². The number of fused-ring (bicyclic) bond motifs is 1. The number of aromatic amines is 1. The lowest BCUT2D eigenvalue weighted by molar-refractivity contribution is -0.120.